The van der Waals surface area contributed by atoms with Gasteiger partial charge in [0.05, 0.1) is 0 Å². The fourth-order valence-electron chi connectivity index (χ4n) is 1.14. The Hall–Kier alpha value is -0.520. The molecule has 0 N–H and O–H groups in total. The van der Waals surface area contributed by atoms with Crippen molar-refractivity contribution in [1.29, 1.82) is 0 Å². The van der Waals surface area contributed by atoms with Crippen LogP contribution in [0.4, 0.5) is 0 Å². The second kappa shape index (κ2) is 4.32. The molecule has 0 atom stereocenters. The number of rotatable bonds is 4. The SMILES string of the molecule is C=CCC/C=C/C1CCC1. The molecule has 1 fully saturated rings. The van der Waals surface area contributed by atoms with Crippen LogP contribution in [-0.4, -0.2) is 0 Å². The summed E-state index contributed by atoms with van der Waals surface area (Å²) >= 11 is 0. The van der Waals surface area contributed by atoms with Crippen LogP contribution in [0, 0.1) is 5.92 Å². The first kappa shape index (κ1) is 7.59. The van der Waals surface area contributed by atoms with Crippen molar-refractivity contribution in [2.75, 3.05) is 0 Å². The van der Waals surface area contributed by atoms with Gasteiger partial charge in [-0.2, -0.15) is 0 Å². The zero-order valence-corrected chi connectivity index (χ0v) is 6.55. The molecule has 0 heteroatoms. The Balaban J connectivity index is 1.98. The zero-order chi connectivity index (χ0) is 7.23. The summed E-state index contributed by atoms with van der Waals surface area (Å²) in [5, 5.41) is 0. The number of unbranched alkanes of at least 4 members (excludes halogenated alkanes) is 1. The molecule has 0 aromatic carbocycles. The smallest absolute Gasteiger partial charge is 0.0234 e. The van der Waals surface area contributed by atoms with Crippen molar-refractivity contribution < 1.29 is 0 Å². The average molecular weight is 136 g/mol. The molecule has 1 aliphatic carbocycles. The van der Waals surface area contributed by atoms with Gasteiger partial charge in [0, 0.05) is 0 Å². The van der Waals surface area contributed by atoms with E-state index in [2.05, 4.69) is 18.7 Å². The minimum atomic E-state index is 0.921. The quantitative estimate of drug-likeness (QED) is 0.411. The van der Waals surface area contributed by atoms with Crippen LogP contribution in [0.2, 0.25) is 0 Å². The number of allylic oxidation sites excluding steroid dienone is 3. The predicted molar refractivity (Wildman–Crippen MR) is 45.9 cm³/mol. The molecule has 1 saturated carbocycles. The van der Waals surface area contributed by atoms with E-state index in [0.717, 1.165) is 12.3 Å². The molecule has 0 aliphatic heterocycles. The first-order valence-electron chi connectivity index (χ1n) is 4.21. The monoisotopic (exact) mass is 136 g/mol. The lowest BCUT2D eigenvalue weighted by atomic mass is 9.85. The van der Waals surface area contributed by atoms with Gasteiger partial charge in [-0.05, 0) is 31.6 Å². The minimum absolute atomic E-state index is 0.921. The van der Waals surface area contributed by atoms with Gasteiger partial charge in [-0.25, -0.2) is 0 Å². The van der Waals surface area contributed by atoms with Crippen molar-refractivity contribution in [1.82, 2.24) is 0 Å². The van der Waals surface area contributed by atoms with Gasteiger partial charge in [0.2, 0.25) is 0 Å². The molecule has 0 unspecified atom stereocenters. The highest BCUT2D eigenvalue weighted by Gasteiger charge is 2.12. The fraction of sp³-hybridized carbons (Fsp3) is 0.600. The van der Waals surface area contributed by atoms with Crippen LogP contribution >= 0.6 is 0 Å². The Morgan fingerprint density at radius 3 is 2.60 bits per heavy atom. The van der Waals surface area contributed by atoms with Gasteiger partial charge in [0.25, 0.3) is 0 Å². The van der Waals surface area contributed by atoms with E-state index in [4.69, 9.17) is 0 Å². The third-order valence-electron chi connectivity index (χ3n) is 2.10. The molecule has 0 saturated heterocycles. The molecule has 0 radical (unpaired) electrons. The molecule has 0 bridgehead atoms. The molecule has 0 amide bonds. The van der Waals surface area contributed by atoms with Crippen LogP contribution in [-0.2, 0) is 0 Å². The molecule has 0 heterocycles. The van der Waals surface area contributed by atoms with Gasteiger partial charge >= 0.3 is 0 Å². The largest absolute Gasteiger partial charge is 0.103 e. The third-order valence-corrected chi connectivity index (χ3v) is 2.10. The van der Waals surface area contributed by atoms with Crippen LogP contribution in [0.15, 0.2) is 24.8 Å². The Labute approximate surface area is 63.6 Å². The summed E-state index contributed by atoms with van der Waals surface area (Å²) in [6.07, 6.45) is 13.2. The first-order chi connectivity index (χ1) is 4.93. The van der Waals surface area contributed by atoms with E-state index in [-0.39, 0.29) is 0 Å². The van der Waals surface area contributed by atoms with Crippen LogP contribution in [0.25, 0.3) is 0 Å². The van der Waals surface area contributed by atoms with Crippen molar-refractivity contribution in [2.45, 2.75) is 32.1 Å². The van der Waals surface area contributed by atoms with E-state index in [1.165, 1.54) is 25.7 Å². The van der Waals surface area contributed by atoms with Crippen molar-refractivity contribution in [3.05, 3.63) is 24.8 Å². The van der Waals surface area contributed by atoms with Crippen LogP contribution in [0.5, 0.6) is 0 Å². The highest BCUT2D eigenvalue weighted by Crippen LogP contribution is 2.27. The summed E-state index contributed by atoms with van der Waals surface area (Å²) in [5.74, 6) is 0.921. The molecule has 1 rings (SSSR count). The van der Waals surface area contributed by atoms with E-state index < -0.39 is 0 Å². The van der Waals surface area contributed by atoms with Crippen LogP contribution < -0.4 is 0 Å². The lowest BCUT2D eigenvalue weighted by Crippen LogP contribution is -2.06. The molecule has 56 valence electrons. The van der Waals surface area contributed by atoms with Crippen LogP contribution in [0.3, 0.4) is 0 Å². The third kappa shape index (κ3) is 2.38. The Kier molecular flexibility index (Phi) is 3.28. The second-order valence-corrected chi connectivity index (χ2v) is 2.99. The van der Waals surface area contributed by atoms with Crippen molar-refractivity contribution >= 4 is 0 Å². The molecular formula is C10H16. The first-order valence-corrected chi connectivity index (χ1v) is 4.21. The maximum atomic E-state index is 3.68. The summed E-state index contributed by atoms with van der Waals surface area (Å²) in [6, 6.07) is 0. The van der Waals surface area contributed by atoms with Crippen molar-refractivity contribution in [3.63, 3.8) is 0 Å². The molecule has 0 spiro atoms. The maximum absolute atomic E-state index is 3.68. The average Bonchev–Trinajstić information content (AvgIpc) is 1.84. The predicted octanol–water partition coefficient (Wildman–Crippen LogP) is 3.31. The fourth-order valence-corrected chi connectivity index (χ4v) is 1.14. The Morgan fingerprint density at radius 1 is 1.30 bits per heavy atom. The minimum Gasteiger partial charge on any atom is -0.103 e. The van der Waals surface area contributed by atoms with Crippen molar-refractivity contribution in [2.24, 2.45) is 5.92 Å². The highest BCUT2D eigenvalue weighted by molar-refractivity contribution is 4.93. The van der Waals surface area contributed by atoms with Gasteiger partial charge in [-0.3, -0.25) is 0 Å². The van der Waals surface area contributed by atoms with Crippen molar-refractivity contribution in [3.8, 4) is 0 Å². The summed E-state index contributed by atoms with van der Waals surface area (Å²) < 4.78 is 0. The summed E-state index contributed by atoms with van der Waals surface area (Å²) in [7, 11) is 0. The molecule has 0 aromatic heterocycles. The molecule has 0 aromatic rings. The van der Waals surface area contributed by atoms with Gasteiger partial charge in [0.1, 0.15) is 0 Å². The standard InChI is InChI=1S/C10H16/c1-2-3-4-5-7-10-8-6-9-10/h2,5,7,10H,1,3-4,6,8-9H2/b7-5+. The normalized spacial score (nSPS) is 19.2. The van der Waals surface area contributed by atoms with E-state index in [1.54, 1.807) is 0 Å². The Bertz CT molecular complexity index is 118. The molecule has 1 aliphatic rings. The van der Waals surface area contributed by atoms with E-state index in [9.17, 15) is 0 Å². The van der Waals surface area contributed by atoms with Gasteiger partial charge in [-0.15, -0.1) is 6.58 Å². The summed E-state index contributed by atoms with van der Waals surface area (Å²) in [5.41, 5.74) is 0. The van der Waals surface area contributed by atoms with E-state index in [1.807, 2.05) is 6.08 Å². The topological polar surface area (TPSA) is 0 Å². The Morgan fingerprint density at radius 2 is 2.10 bits per heavy atom. The van der Waals surface area contributed by atoms with Gasteiger partial charge in [0.15, 0.2) is 0 Å². The molecule has 0 nitrogen and oxygen atoms in total. The van der Waals surface area contributed by atoms with E-state index >= 15 is 0 Å². The summed E-state index contributed by atoms with van der Waals surface area (Å²) in [6.45, 7) is 3.68. The summed E-state index contributed by atoms with van der Waals surface area (Å²) in [4.78, 5) is 0. The molecular weight excluding hydrogens is 120 g/mol. The second-order valence-electron chi connectivity index (χ2n) is 2.99. The highest BCUT2D eigenvalue weighted by atomic mass is 14.2. The zero-order valence-electron chi connectivity index (χ0n) is 6.55. The van der Waals surface area contributed by atoms with Gasteiger partial charge < -0.3 is 0 Å². The van der Waals surface area contributed by atoms with Gasteiger partial charge in [-0.1, -0.05) is 24.6 Å². The number of hydrogen-bond donors (Lipinski definition) is 0. The molecule has 10 heavy (non-hydrogen) atoms. The van der Waals surface area contributed by atoms with E-state index in [0.29, 0.717) is 0 Å². The van der Waals surface area contributed by atoms with Crippen LogP contribution in [0.1, 0.15) is 32.1 Å². The maximum Gasteiger partial charge on any atom is -0.0234 e. The lowest BCUT2D eigenvalue weighted by Gasteiger charge is -2.21. The number of hydrogen-bond acceptors (Lipinski definition) is 0. The lowest BCUT2D eigenvalue weighted by molar-refractivity contribution is 0.387.